The molecule has 0 radical (unpaired) electrons. The predicted molar refractivity (Wildman–Crippen MR) is 87.6 cm³/mol. The molecule has 1 aromatic heterocycles. The lowest BCUT2D eigenvalue weighted by Gasteiger charge is -2.12. The van der Waals surface area contributed by atoms with E-state index < -0.39 is 16.0 Å². The molecule has 3 aromatic rings. The Kier molecular flexibility index (Phi) is 3.64. The zero-order valence-corrected chi connectivity index (χ0v) is 12.9. The average molecular weight is 327 g/mol. The van der Waals surface area contributed by atoms with Crippen molar-refractivity contribution in [2.24, 2.45) is 14.1 Å². The summed E-state index contributed by atoms with van der Waals surface area (Å²) in [4.78, 5) is 34.6. The van der Waals surface area contributed by atoms with Crippen LogP contribution >= 0.6 is 0 Å². The first kappa shape index (κ1) is 15.5. The summed E-state index contributed by atoms with van der Waals surface area (Å²) in [6, 6.07) is 11.2. The molecule has 1 heterocycles. The number of nitrogens with zero attached hydrogens (tertiary/aromatic N) is 3. The number of hydrogen-bond donors (Lipinski definition) is 0. The molecule has 0 aliphatic carbocycles. The van der Waals surface area contributed by atoms with Crippen LogP contribution in [0.5, 0.6) is 11.5 Å². The standard InChI is InChI=1S/C16H13N3O5/c1-17-11-8-13(19(22)23)14(24-10-6-4-3-5-7-10)9-12(11)18(2)16(21)15(17)20/h3-9H,1-2H3. The molecule has 0 fully saturated rings. The highest BCUT2D eigenvalue weighted by molar-refractivity contribution is 5.81. The van der Waals surface area contributed by atoms with Gasteiger partial charge in [-0.3, -0.25) is 19.7 Å². The second kappa shape index (κ2) is 5.65. The quantitative estimate of drug-likeness (QED) is 0.416. The van der Waals surface area contributed by atoms with Crippen LogP contribution in [-0.4, -0.2) is 14.1 Å². The van der Waals surface area contributed by atoms with Gasteiger partial charge >= 0.3 is 16.8 Å². The minimum absolute atomic E-state index is 0.00708. The van der Waals surface area contributed by atoms with Gasteiger partial charge in [0.25, 0.3) is 0 Å². The Morgan fingerprint density at radius 3 is 2.04 bits per heavy atom. The van der Waals surface area contributed by atoms with Crippen LogP contribution in [0.15, 0.2) is 52.1 Å². The van der Waals surface area contributed by atoms with Gasteiger partial charge in [-0.25, -0.2) is 0 Å². The van der Waals surface area contributed by atoms with E-state index in [-0.39, 0.29) is 17.0 Å². The van der Waals surface area contributed by atoms with Gasteiger partial charge in [-0.05, 0) is 12.1 Å². The zero-order valence-electron chi connectivity index (χ0n) is 12.9. The summed E-state index contributed by atoms with van der Waals surface area (Å²) in [5.74, 6) is 0.419. The molecule has 0 saturated carbocycles. The van der Waals surface area contributed by atoms with Crippen molar-refractivity contribution in [2.75, 3.05) is 0 Å². The minimum Gasteiger partial charge on any atom is -0.450 e. The van der Waals surface area contributed by atoms with Gasteiger partial charge in [0.15, 0.2) is 0 Å². The van der Waals surface area contributed by atoms with Crippen LogP contribution in [0.1, 0.15) is 0 Å². The second-order valence-corrected chi connectivity index (χ2v) is 5.21. The molecule has 0 atom stereocenters. The molecule has 0 N–H and O–H groups in total. The molecule has 0 saturated heterocycles. The van der Waals surface area contributed by atoms with Gasteiger partial charge in [0.05, 0.1) is 16.0 Å². The summed E-state index contributed by atoms with van der Waals surface area (Å²) in [6.07, 6.45) is 0. The van der Waals surface area contributed by atoms with E-state index in [2.05, 4.69) is 0 Å². The Balaban J connectivity index is 2.33. The predicted octanol–water partition coefficient (Wildman–Crippen LogP) is 1.94. The first-order valence-corrected chi connectivity index (χ1v) is 7.01. The highest BCUT2D eigenvalue weighted by atomic mass is 16.6. The maximum absolute atomic E-state index is 11.9. The molecule has 0 amide bonds. The number of fused-ring (bicyclic) bond motifs is 1. The maximum Gasteiger partial charge on any atom is 0.316 e. The lowest BCUT2D eigenvalue weighted by molar-refractivity contribution is -0.385. The molecule has 2 aromatic carbocycles. The highest BCUT2D eigenvalue weighted by Gasteiger charge is 2.21. The topological polar surface area (TPSA) is 96.4 Å². The average Bonchev–Trinajstić information content (AvgIpc) is 2.58. The van der Waals surface area contributed by atoms with Crippen molar-refractivity contribution in [3.63, 3.8) is 0 Å². The van der Waals surface area contributed by atoms with E-state index in [0.29, 0.717) is 11.3 Å². The number of benzene rings is 2. The summed E-state index contributed by atoms with van der Waals surface area (Å²) < 4.78 is 7.85. The smallest absolute Gasteiger partial charge is 0.316 e. The maximum atomic E-state index is 11.9. The van der Waals surface area contributed by atoms with Crippen LogP contribution in [0.3, 0.4) is 0 Å². The summed E-state index contributed by atoms with van der Waals surface area (Å²) in [6.45, 7) is 0. The SMILES string of the molecule is Cn1c(=O)c(=O)n(C)c2cc([N+](=O)[O-])c(Oc3ccccc3)cc21. The highest BCUT2D eigenvalue weighted by Crippen LogP contribution is 2.34. The van der Waals surface area contributed by atoms with E-state index in [4.69, 9.17) is 4.74 Å². The monoisotopic (exact) mass is 327 g/mol. The minimum atomic E-state index is -0.754. The molecule has 0 unspecified atom stereocenters. The largest absolute Gasteiger partial charge is 0.450 e. The van der Waals surface area contributed by atoms with E-state index in [1.807, 2.05) is 0 Å². The number of rotatable bonds is 3. The summed E-state index contributed by atoms with van der Waals surface area (Å²) >= 11 is 0. The molecule has 0 spiro atoms. The fraction of sp³-hybridized carbons (Fsp3) is 0.125. The molecule has 122 valence electrons. The number of ether oxygens (including phenoxy) is 1. The van der Waals surface area contributed by atoms with Crippen LogP contribution in [0.25, 0.3) is 11.0 Å². The Morgan fingerprint density at radius 1 is 0.958 bits per heavy atom. The lowest BCUT2D eigenvalue weighted by Crippen LogP contribution is -2.39. The van der Waals surface area contributed by atoms with Crippen LogP contribution in [0, 0.1) is 10.1 Å². The Hall–Kier alpha value is -3.42. The van der Waals surface area contributed by atoms with Gasteiger partial charge in [0, 0.05) is 26.2 Å². The van der Waals surface area contributed by atoms with Crippen molar-refractivity contribution in [3.8, 4) is 11.5 Å². The number of hydrogen-bond acceptors (Lipinski definition) is 5. The van der Waals surface area contributed by atoms with Crippen molar-refractivity contribution in [3.05, 3.63) is 73.3 Å². The number of nitro groups is 1. The molecule has 8 nitrogen and oxygen atoms in total. The lowest BCUT2D eigenvalue weighted by atomic mass is 10.2. The molecular weight excluding hydrogens is 314 g/mol. The number of para-hydroxylation sites is 1. The van der Waals surface area contributed by atoms with E-state index in [9.17, 15) is 19.7 Å². The first-order valence-electron chi connectivity index (χ1n) is 7.01. The van der Waals surface area contributed by atoms with E-state index in [0.717, 1.165) is 9.13 Å². The number of nitro benzene ring substituents is 1. The summed E-state index contributed by atoms with van der Waals surface area (Å²) in [7, 11) is 2.83. The van der Waals surface area contributed by atoms with Gasteiger partial charge in [-0.2, -0.15) is 0 Å². The molecule has 0 aliphatic heterocycles. The Morgan fingerprint density at radius 2 is 1.50 bits per heavy atom. The van der Waals surface area contributed by atoms with Crippen LogP contribution in [0.2, 0.25) is 0 Å². The zero-order chi connectivity index (χ0) is 17.4. The van der Waals surface area contributed by atoms with Gasteiger partial charge < -0.3 is 13.9 Å². The Bertz CT molecular complexity index is 1070. The first-order chi connectivity index (χ1) is 11.4. The van der Waals surface area contributed by atoms with Crippen LogP contribution < -0.4 is 15.9 Å². The van der Waals surface area contributed by atoms with Gasteiger partial charge in [-0.1, -0.05) is 18.2 Å². The molecule has 0 bridgehead atoms. The summed E-state index contributed by atoms with van der Waals surface area (Å²) in [5, 5.41) is 11.4. The third-order valence-corrected chi connectivity index (χ3v) is 3.74. The third-order valence-electron chi connectivity index (χ3n) is 3.74. The van der Waals surface area contributed by atoms with Crippen molar-refractivity contribution in [2.45, 2.75) is 0 Å². The molecule has 3 rings (SSSR count). The Labute approximate surface area is 135 Å². The fourth-order valence-electron chi connectivity index (χ4n) is 2.43. The fourth-order valence-corrected chi connectivity index (χ4v) is 2.43. The van der Waals surface area contributed by atoms with Gasteiger partial charge in [0.2, 0.25) is 5.75 Å². The molecule has 0 aliphatic rings. The van der Waals surface area contributed by atoms with E-state index in [1.165, 1.54) is 26.2 Å². The van der Waals surface area contributed by atoms with Crippen LogP contribution in [0.4, 0.5) is 5.69 Å². The normalized spacial score (nSPS) is 10.8. The van der Waals surface area contributed by atoms with Crippen molar-refractivity contribution < 1.29 is 9.66 Å². The number of aromatic nitrogens is 2. The third kappa shape index (κ3) is 2.43. The van der Waals surface area contributed by atoms with Gasteiger partial charge in [0.1, 0.15) is 5.75 Å². The second-order valence-electron chi connectivity index (χ2n) is 5.21. The molecule has 24 heavy (non-hydrogen) atoms. The van der Waals surface area contributed by atoms with E-state index in [1.54, 1.807) is 30.3 Å². The van der Waals surface area contributed by atoms with E-state index >= 15 is 0 Å². The molecule has 8 heteroatoms. The summed E-state index contributed by atoms with van der Waals surface area (Å²) in [5.41, 5.74) is -1.13. The van der Waals surface area contributed by atoms with Crippen molar-refractivity contribution >= 4 is 16.7 Å². The van der Waals surface area contributed by atoms with Crippen molar-refractivity contribution in [1.82, 2.24) is 9.13 Å². The van der Waals surface area contributed by atoms with Crippen molar-refractivity contribution in [1.29, 1.82) is 0 Å². The van der Waals surface area contributed by atoms with Crippen LogP contribution in [-0.2, 0) is 14.1 Å². The van der Waals surface area contributed by atoms with Gasteiger partial charge in [-0.15, -0.1) is 0 Å². The number of aryl methyl sites for hydroxylation is 2. The molecular formula is C16H13N3O5.